The summed E-state index contributed by atoms with van der Waals surface area (Å²) in [4.78, 5) is 0. The van der Waals surface area contributed by atoms with Crippen molar-refractivity contribution in [1.82, 2.24) is 0 Å². The molecule has 0 aromatic rings. The van der Waals surface area contributed by atoms with Gasteiger partial charge in [0, 0.05) is 22.8 Å². The van der Waals surface area contributed by atoms with Crippen molar-refractivity contribution in [3.05, 3.63) is 106 Å². The number of fused-ring (bicyclic) bond motifs is 1. The van der Waals surface area contributed by atoms with E-state index in [1.165, 1.54) is 22.3 Å². The van der Waals surface area contributed by atoms with Crippen LogP contribution in [0.3, 0.4) is 0 Å². The Labute approximate surface area is 261 Å². The molecule has 3 nitrogen and oxygen atoms in total. The maximum Gasteiger partial charge on any atom is 0.121 e. The molecule has 4 atom stereocenters. The lowest BCUT2D eigenvalue weighted by molar-refractivity contribution is 0.0515. The number of hydrogen-bond donors (Lipinski definition) is 2. The lowest BCUT2D eigenvalue weighted by Crippen LogP contribution is -2.46. The summed E-state index contributed by atoms with van der Waals surface area (Å²) in [6, 6.07) is 0. The highest BCUT2D eigenvalue weighted by Gasteiger charge is 2.74. The quantitative estimate of drug-likeness (QED) is 0.170. The summed E-state index contributed by atoms with van der Waals surface area (Å²) in [5, 5.41) is 20.3. The smallest absolute Gasteiger partial charge is 0.121 e. The molecule has 232 valence electrons. The summed E-state index contributed by atoms with van der Waals surface area (Å²) >= 11 is 0. The Balaban J connectivity index is 1.51. The first-order valence-corrected chi connectivity index (χ1v) is 15.7. The highest BCUT2D eigenvalue weighted by Crippen LogP contribution is 2.66. The predicted octanol–water partition coefficient (Wildman–Crippen LogP) is 9.21. The van der Waals surface area contributed by atoms with Gasteiger partial charge in [-0.1, -0.05) is 129 Å². The van der Waals surface area contributed by atoms with Crippen molar-refractivity contribution in [2.24, 2.45) is 10.8 Å². The van der Waals surface area contributed by atoms with Crippen LogP contribution in [0.15, 0.2) is 106 Å². The number of aliphatic hydroxyl groups excluding tert-OH is 2. The number of epoxide rings is 1. The molecule has 2 aliphatic carbocycles. The summed E-state index contributed by atoms with van der Waals surface area (Å²) in [5.74, 6) is 6.68. The van der Waals surface area contributed by atoms with E-state index in [4.69, 9.17) is 4.74 Å². The third-order valence-electron chi connectivity index (χ3n) is 9.12. The average molecular weight is 583 g/mol. The molecule has 1 heterocycles. The van der Waals surface area contributed by atoms with Crippen LogP contribution in [0, 0.1) is 22.7 Å². The minimum Gasteiger partial charge on any atom is -0.393 e. The number of hydrogen-bond acceptors (Lipinski definition) is 3. The Morgan fingerprint density at radius 3 is 1.88 bits per heavy atom. The summed E-state index contributed by atoms with van der Waals surface area (Å²) in [6.45, 7) is 21.2. The maximum absolute atomic E-state index is 10.2. The lowest BCUT2D eigenvalue weighted by Gasteiger charge is -2.39. The summed E-state index contributed by atoms with van der Waals surface area (Å²) in [5.41, 5.74) is 6.13. The second kappa shape index (κ2) is 13.8. The van der Waals surface area contributed by atoms with Crippen molar-refractivity contribution in [2.45, 2.75) is 118 Å². The van der Waals surface area contributed by atoms with Gasteiger partial charge < -0.3 is 14.9 Å². The zero-order valence-electron chi connectivity index (χ0n) is 28.2. The van der Waals surface area contributed by atoms with Gasteiger partial charge in [0.25, 0.3) is 0 Å². The van der Waals surface area contributed by atoms with Crippen molar-refractivity contribution >= 4 is 0 Å². The SMILES string of the molecule is CC1=C(C#C/C(C)=C/C=C/C(C)=C/C=C/C=C(C)/C=C/C=C(C)/C=C/[C@@]23O[C@]2(C)C[C@@H](O)CC3(C)C)C(C)(C)C[C@H](O)C1. The first-order valence-electron chi connectivity index (χ1n) is 15.7. The molecule has 3 aliphatic rings. The third-order valence-corrected chi connectivity index (χ3v) is 9.12. The Morgan fingerprint density at radius 1 is 0.744 bits per heavy atom. The molecule has 0 radical (unpaired) electrons. The van der Waals surface area contributed by atoms with E-state index < -0.39 is 0 Å². The molecule has 3 rings (SSSR count). The molecular formula is C40H54O3. The lowest BCUT2D eigenvalue weighted by atomic mass is 9.63. The molecule has 0 unspecified atom stereocenters. The fourth-order valence-corrected chi connectivity index (χ4v) is 6.88. The van der Waals surface area contributed by atoms with E-state index in [2.05, 4.69) is 135 Å². The predicted molar refractivity (Wildman–Crippen MR) is 182 cm³/mol. The van der Waals surface area contributed by atoms with Crippen molar-refractivity contribution in [2.75, 3.05) is 0 Å². The van der Waals surface area contributed by atoms with Crippen LogP contribution in [0.4, 0.5) is 0 Å². The molecule has 0 amide bonds. The second-order valence-electron chi connectivity index (χ2n) is 14.4. The van der Waals surface area contributed by atoms with Gasteiger partial charge in [-0.3, -0.25) is 0 Å². The van der Waals surface area contributed by atoms with Crippen molar-refractivity contribution in [3.8, 4) is 11.8 Å². The minimum absolute atomic E-state index is 0.0842. The number of ether oxygens (including phenoxy) is 1. The van der Waals surface area contributed by atoms with E-state index in [1.807, 2.05) is 19.1 Å². The molecule has 1 saturated carbocycles. The molecule has 2 N–H and O–H groups in total. The van der Waals surface area contributed by atoms with Crippen LogP contribution < -0.4 is 0 Å². The van der Waals surface area contributed by atoms with Gasteiger partial charge in [-0.2, -0.15) is 0 Å². The number of allylic oxidation sites excluding steroid dienone is 16. The highest BCUT2D eigenvalue weighted by molar-refractivity contribution is 5.45. The molecule has 0 bridgehead atoms. The van der Waals surface area contributed by atoms with Gasteiger partial charge in [-0.05, 0) is 72.5 Å². The van der Waals surface area contributed by atoms with Gasteiger partial charge in [-0.25, -0.2) is 0 Å². The monoisotopic (exact) mass is 582 g/mol. The Hall–Kier alpha value is -2.90. The topological polar surface area (TPSA) is 53.0 Å². The first kappa shape index (κ1) is 34.6. The third kappa shape index (κ3) is 8.82. The first-order chi connectivity index (χ1) is 20.0. The van der Waals surface area contributed by atoms with Crippen molar-refractivity contribution in [1.29, 1.82) is 0 Å². The highest BCUT2D eigenvalue weighted by atomic mass is 16.6. The molecule has 1 saturated heterocycles. The zero-order valence-corrected chi connectivity index (χ0v) is 28.2. The van der Waals surface area contributed by atoms with E-state index >= 15 is 0 Å². The van der Waals surface area contributed by atoms with Crippen LogP contribution in [0.2, 0.25) is 0 Å². The summed E-state index contributed by atoms with van der Waals surface area (Å²) in [6.07, 6.45) is 27.5. The van der Waals surface area contributed by atoms with Crippen molar-refractivity contribution in [3.63, 3.8) is 0 Å². The van der Waals surface area contributed by atoms with E-state index in [-0.39, 0.29) is 34.2 Å². The van der Waals surface area contributed by atoms with Crippen LogP contribution in [-0.2, 0) is 4.74 Å². The Morgan fingerprint density at radius 2 is 1.30 bits per heavy atom. The van der Waals surface area contributed by atoms with Crippen molar-refractivity contribution < 1.29 is 14.9 Å². The largest absolute Gasteiger partial charge is 0.393 e. The van der Waals surface area contributed by atoms with Crippen LogP contribution >= 0.6 is 0 Å². The van der Waals surface area contributed by atoms with Gasteiger partial charge >= 0.3 is 0 Å². The number of aliphatic hydroxyl groups is 2. The summed E-state index contributed by atoms with van der Waals surface area (Å²) < 4.78 is 6.24. The standard InChI is InChI=1S/C40H54O3/c1-29(17-13-19-31(3)21-22-36-33(5)25-34(41)26-37(36,6)7)15-11-12-16-30(2)18-14-20-32(4)23-24-40-38(8,9)27-35(42)28-39(40,10)43-40/h11-20,23-24,34-35,41-42H,25-28H2,1-10H3/b12-11+,17-13+,18-14+,24-23+,29-15+,30-16+,31-19+,32-20+/t34-,35+,39-,40+/m1/s1. The number of rotatable bonds is 8. The molecule has 3 heteroatoms. The molecule has 0 spiro atoms. The van der Waals surface area contributed by atoms with Gasteiger partial charge in [0.15, 0.2) is 0 Å². The minimum atomic E-state index is -0.294. The fourth-order valence-electron chi connectivity index (χ4n) is 6.88. The van der Waals surface area contributed by atoms with Crippen LogP contribution in [0.25, 0.3) is 0 Å². The Bertz CT molecular complexity index is 1390. The van der Waals surface area contributed by atoms with Crippen LogP contribution in [0.1, 0.15) is 94.9 Å². The molecule has 2 fully saturated rings. The molecule has 43 heavy (non-hydrogen) atoms. The Kier molecular flexibility index (Phi) is 11.1. The van der Waals surface area contributed by atoms with E-state index in [0.29, 0.717) is 6.42 Å². The van der Waals surface area contributed by atoms with E-state index in [0.717, 1.165) is 30.4 Å². The van der Waals surface area contributed by atoms with Crippen LogP contribution in [-0.4, -0.2) is 33.6 Å². The molecular weight excluding hydrogens is 528 g/mol. The molecule has 1 aliphatic heterocycles. The van der Waals surface area contributed by atoms with Gasteiger partial charge in [0.05, 0.1) is 12.2 Å². The van der Waals surface area contributed by atoms with Gasteiger partial charge in [0.2, 0.25) is 0 Å². The second-order valence-corrected chi connectivity index (χ2v) is 14.4. The zero-order chi connectivity index (χ0) is 32.1. The maximum atomic E-state index is 10.2. The molecule has 0 aromatic heterocycles. The van der Waals surface area contributed by atoms with Gasteiger partial charge in [0.1, 0.15) is 11.2 Å². The summed E-state index contributed by atoms with van der Waals surface area (Å²) in [7, 11) is 0. The average Bonchev–Trinajstić information content (AvgIpc) is 3.49. The van der Waals surface area contributed by atoms with E-state index in [9.17, 15) is 10.2 Å². The van der Waals surface area contributed by atoms with Gasteiger partial charge in [-0.15, -0.1) is 0 Å². The van der Waals surface area contributed by atoms with Crippen LogP contribution in [0.5, 0.6) is 0 Å². The fraction of sp³-hybridized carbons (Fsp3) is 0.500. The normalized spacial score (nSPS) is 31.7. The van der Waals surface area contributed by atoms with E-state index in [1.54, 1.807) is 0 Å². The molecule has 0 aromatic carbocycles.